The lowest BCUT2D eigenvalue weighted by molar-refractivity contribution is -0.139. The minimum Gasteiger partial charge on any atom is -0.507 e. The third-order valence-corrected chi connectivity index (χ3v) is 5.21. The Hall–Kier alpha value is -2.51. The summed E-state index contributed by atoms with van der Waals surface area (Å²) in [5.74, 6) is -1.42. The van der Waals surface area contributed by atoms with E-state index in [1.54, 1.807) is 17.0 Å². The standard InChI is InChI=1S/C21H22BrN3O3/c1-24(2)12-3-13-25-18(14-4-6-16(22)7-5-14)17(20(27)21(25)28)19(26)15-8-10-23-11-9-15/h4-11,18,26H,3,12-13H2,1-2H3/t18-/m0/s1. The number of benzene rings is 1. The van der Waals surface area contributed by atoms with Crippen molar-refractivity contribution in [2.75, 3.05) is 27.2 Å². The third-order valence-electron chi connectivity index (χ3n) is 4.68. The topological polar surface area (TPSA) is 73.7 Å². The highest BCUT2D eigenvalue weighted by molar-refractivity contribution is 9.10. The average molecular weight is 444 g/mol. The van der Waals surface area contributed by atoms with Crippen molar-refractivity contribution in [1.82, 2.24) is 14.8 Å². The molecule has 1 aromatic heterocycles. The first-order chi connectivity index (χ1) is 13.4. The first kappa shape index (κ1) is 20.2. The summed E-state index contributed by atoms with van der Waals surface area (Å²) in [4.78, 5) is 33.1. The molecule has 7 heteroatoms. The Balaban J connectivity index is 2.07. The lowest BCUT2D eigenvalue weighted by atomic mass is 9.95. The van der Waals surface area contributed by atoms with E-state index in [0.29, 0.717) is 12.1 Å². The molecule has 0 aliphatic carbocycles. The number of halogens is 1. The number of pyridine rings is 1. The molecule has 0 saturated carbocycles. The van der Waals surface area contributed by atoms with Crippen LogP contribution in [0.3, 0.4) is 0 Å². The Morgan fingerprint density at radius 2 is 1.79 bits per heavy atom. The van der Waals surface area contributed by atoms with Crippen molar-refractivity contribution < 1.29 is 14.7 Å². The van der Waals surface area contributed by atoms with Crippen molar-refractivity contribution in [2.24, 2.45) is 0 Å². The summed E-state index contributed by atoms with van der Waals surface area (Å²) in [7, 11) is 3.92. The zero-order valence-electron chi connectivity index (χ0n) is 15.8. The first-order valence-corrected chi connectivity index (χ1v) is 9.78. The molecular formula is C21H22BrN3O3. The van der Waals surface area contributed by atoms with Gasteiger partial charge in [0.2, 0.25) is 0 Å². The van der Waals surface area contributed by atoms with Gasteiger partial charge in [0.1, 0.15) is 5.76 Å². The Kier molecular flexibility index (Phi) is 6.26. The molecule has 0 spiro atoms. The number of Topliss-reactive ketones (excluding diaryl/α,β-unsaturated/α-hetero) is 1. The molecule has 1 N–H and O–H groups in total. The molecule has 1 aliphatic rings. The highest BCUT2D eigenvalue weighted by atomic mass is 79.9. The Morgan fingerprint density at radius 1 is 1.14 bits per heavy atom. The normalized spacial score (nSPS) is 18.9. The van der Waals surface area contributed by atoms with Crippen LogP contribution in [0, 0.1) is 0 Å². The van der Waals surface area contributed by atoms with Crippen LogP contribution in [0.4, 0.5) is 0 Å². The Morgan fingerprint density at radius 3 is 2.39 bits per heavy atom. The molecule has 6 nitrogen and oxygen atoms in total. The molecular weight excluding hydrogens is 422 g/mol. The minimum absolute atomic E-state index is 0.114. The number of aliphatic hydroxyl groups is 1. The minimum atomic E-state index is -0.660. The molecule has 146 valence electrons. The summed E-state index contributed by atoms with van der Waals surface area (Å²) in [6.45, 7) is 1.22. The van der Waals surface area contributed by atoms with Gasteiger partial charge in [-0.1, -0.05) is 28.1 Å². The second kappa shape index (κ2) is 8.67. The van der Waals surface area contributed by atoms with E-state index in [-0.39, 0.29) is 11.3 Å². The predicted octanol–water partition coefficient (Wildman–Crippen LogP) is 3.22. The monoisotopic (exact) mass is 443 g/mol. The summed E-state index contributed by atoms with van der Waals surface area (Å²) < 4.78 is 0.898. The van der Waals surface area contributed by atoms with Crippen molar-refractivity contribution in [2.45, 2.75) is 12.5 Å². The maximum atomic E-state index is 12.8. The number of aliphatic hydroxyl groups excluding tert-OH is 1. The van der Waals surface area contributed by atoms with Gasteiger partial charge in [0, 0.05) is 29.0 Å². The van der Waals surface area contributed by atoms with Gasteiger partial charge in [0.15, 0.2) is 0 Å². The molecule has 0 radical (unpaired) electrons. The lowest BCUT2D eigenvalue weighted by Gasteiger charge is -2.26. The number of carbonyl (C=O) groups is 2. The number of amides is 1. The quantitative estimate of drug-likeness (QED) is 0.421. The summed E-state index contributed by atoms with van der Waals surface area (Å²) in [6.07, 6.45) is 3.80. The van der Waals surface area contributed by atoms with Gasteiger partial charge in [0.25, 0.3) is 11.7 Å². The van der Waals surface area contributed by atoms with E-state index in [1.807, 2.05) is 43.3 Å². The maximum Gasteiger partial charge on any atom is 0.295 e. The van der Waals surface area contributed by atoms with Gasteiger partial charge in [-0.2, -0.15) is 0 Å². The number of likely N-dealkylation sites (tertiary alicyclic amines) is 1. The molecule has 1 fully saturated rings. The van der Waals surface area contributed by atoms with Gasteiger partial charge < -0.3 is 14.9 Å². The Labute approximate surface area is 172 Å². The fourth-order valence-electron chi connectivity index (χ4n) is 3.32. The number of aromatic nitrogens is 1. The largest absolute Gasteiger partial charge is 0.507 e. The molecule has 1 atom stereocenters. The smallest absolute Gasteiger partial charge is 0.295 e. The molecule has 1 saturated heterocycles. The number of hydrogen-bond donors (Lipinski definition) is 1. The molecule has 28 heavy (non-hydrogen) atoms. The highest BCUT2D eigenvalue weighted by Gasteiger charge is 2.45. The van der Waals surface area contributed by atoms with Gasteiger partial charge in [-0.05, 0) is 56.9 Å². The van der Waals surface area contributed by atoms with Crippen molar-refractivity contribution in [3.05, 3.63) is 70.0 Å². The van der Waals surface area contributed by atoms with Gasteiger partial charge in [0.05, 0.1) is 11.6 Å². The van der Waals surface area contributed by atoms with Gasteiger partial charge >= 0.3 is 0 Å². The van der Waals surface area contributed by atoms with Crippen molar-refractivity contribution in [3.63, 3.8) is 0 Å². The van der Waals surface area contributed by atoms with E-state index in [1.165, 1.54) is 12.4 Å². The number of ketones is 1. The molecule has 2 aromatic rings. The summed E-state index contributed by atoms with van der Waals surface area (Å²) in [6, 6.07) is 10.1. The Bertz CT molecular complexity index is 895. The van der Waals surface area contributed by atoms with Crippen LogP contribution < -0.4 is 0 Å². The van der Waals surface area contributed by atoms with Crippen molar-refractivity contribution in [1.29, 1.82) is 0 Å². The summed E-state index contributed by atoms with van der Waals surface area (Å²) in [5, 5.41) is 10.9. The molecule has 2 heterocycles. The molecule has 3 rings (SSSR count). The molecule has 0 unspecified atom stereocenters. The van der Waals surface area contributed by atoms with E-state index in [2.05, 4.69) is 20.9 Å². The predicted molar refractivity (Wildman–Crippen MR) is 111 cm³/mol. The van der Waals surface area contributed by atoms with Crippen molar-refractivity contribution >= 4 is 33.4 Å². The SMILES string of the molecule is CN(C)CCCN1C(=O)C(=O)C(=C(O)c2ccncc2)[C@@H]1c1ccc(Br)cc1. The highest BCUT2D eigenvalue weighted by Crippen LogP contribution is 2.39. The zero-order chi connectivity index (χ0) is 20.3. The van der Waals surface area contributed by atoms with Crippen LogP contribution in [0.2, 0.25) is 0 Å². The molecule has 1 aromatic carbocycles. The number of nitrogens with zero attached hydrogens (tertiary/aromatic N) is 3. The maximum absolute atomic E-state index is 12.8. The van der Waals surface area contributed by atoms with Gasteiger partial charge in [-0.25, -0.2) is 0 Å². The average Bonchev–Trinajstić information content (AvgIpc) is 2.93. The fourth-order valence-corrected chi connectivity index (χ4v) is 3.59. The third kappa shape index (κ3) is 4.15. The van der Waals surface area contributed by atoms with Crippen LogP contribution in [0.5, 0.6) is 0 Å². The number of carbonyl (C=O) groups excluding carboxylic acids is 2. The second-order valence-corrected chi connectivity index (χ2v) is 7.85. The van der Waals surface area contributed by atoms with Crippen LogP contribution in [-0.2, 0) is 9.59 Å². The van der Waals surface area contributed by atoms with Crippen LogP contribution in [0.25, 0.3) is 5.76 Å². The van der Waals surface area contributed by atoms with E-state index in [9.17, 15) is 14.7 Å². The first-order valence-electron chi connectivity index (χ1n) is 8.99. The lowest BCUT2D eigenvalue weighted by Crippen LogP contribution is -2.32. The molecule has 0 bridgehead atoms. The van der Waals surface area contributed by atoms with Gasteiger partial charge in [-0.15, -0.1) is 0 Å². The van der Waals surface area contributed by atoms with Gasteiger partial charge in [-0.3, -0.25) is 14.6 Å². The van der Waals surface area contributed by atoms with Crippen LogP contribution in [0.1, 0.15) is 23.6 Å². The van der Waals surface area contributed by atoms with Crippen molar-refractivity contribution in [3.8, 4) is 0 Å². The molecule has 1 amide bonds. The van der Waals surface area contributed by atoms with E-state index in [0.717, 1.165) is 23.0 Å². The summed E-state index contributed by atoms with van der Waals surface area (Å²) >= 11 is 3.41. The van der Waals surface area contributed by atoms with E-state index in [4.69, 9.17) is 0 Å². The number of hydrogen-bond acceptors (Lipinski definition) is 5. The van der Waals surface area contributed by atoms with Crippen LogP contribution in [0.15, 0.2) is 58.8 Å². The second-order valence-electron chi connectivity index (χ2n) is 6.94. The van der Waals surface area contributed by atoms with Crippen LogP contribution >= 0.6 is 15.9 Å². The number of rotatable bonds is 6. The summed E-state index contributed by atoms with van der Waals surface area (Å²) in [5.41, 5.74) is 1.36. The van der Waals surface area contributed by atoms with E-state index < -0.39 is 17.7 Å². The van der Waals surface area contributed by atoms with Crippen LogP contribution in [-0.4, -0.2) is 58.8 Å². The zero-order valence-corrected chi connectivity index (χ0v) is 17.4. The van der Waals surface area contributed by atoms with E-state index >= 15 is 0 Å². The molecule has 1 aliphatic heterocycles. The fraction of sp³-hybridized carbons (Fsp3) is 0.286.